The van der Waals surface area contributed by atoms with Gasteiger partial charge in [0, 0.05) is 15.0 Å². The van der Waals surface area contributed by atoms with Gasteiger partial charge in [-0.1, -0.05) is 34.1 Å². The molecule has 1 aliphatic carbocycles. The lowest BCUT2D eigenvalue weighted by molar-refractivity contribution is 1.08. The van der Waals surface area contributed by atoms with Crippen LogP contribution in [-0.2, 0) is 0 Å². The topological polar surface area (TPSA) is 0 Å². The third-order valence-electron chi connectivity index (χ3n) is 2.13. The molecule has 0 atom stereocenters. The molecule has 0 aromatic heterocycles. The molecule has 0 saturated heterocycles. The highest BCUT2D eigenvalue weighted by Gasteiger charge is 2.42. The molecular formula is C10H11BrS. The minimum Gasteiger partial charge on any atom is -0.118 e. The summed E-state index contributed by atoms with van der Waals surface area (Å²) in [5.41, 5.74) is 0. The van der Waals surface area contributed by atoms with E-state index in [1.165, 1.54) is 17.7 Å². The average Bonchev–Trinajstić information content (AvgIpc) is 2.88. The molecule has 2 heteroatoms. The summed E-state index contributed by atoms with van der Waals surface area (Å²) in [6, 6.07) is 10.7. The monoisotopic (exact) mass is 242 g/mol. The number of benzene rings is 1. The van der Waals surface area contributed by atoms with E-state index in [2.05, 4.69) is 46.3 Å². The zero-order chi connectivity index (χ0) is 8.44. The zero-order valence-electron chi connectivity index (χ0n) is 6.79. The van der Waals surface area contributed by atoms with Crippen LogP contribution in [0.4, 0.5) is 0 Å². The van der Waals surface area contributed by atoms with Gasteiger partial charge in [0.05, 0.1) is 0 Å². The SMILES string of the molecule is BrCC1(Sc2ccccc2)CC1. The summed E-state index contributed by atoms with van der Waals surface area (Å²) >= 11 is 5.58. The molecule has 12 heavy (non-hydrogen) atoms. The van der Waals surface area contributed by atoms with E-state index in [4.69, 9.17) is 0 Å². The Kier molecular flexibility index (Phi) is 2.47. The van der Waals surface area contributed by atoms with E-state index in [1.54, 1.807) is 0 Å². The third-order valence-corrected chi connectivity index (χ3v) is 5.07. The second kappa shape index (κ2) is 3.43. The predicted molar refractivity (Wildman–Crippen MR) is 58.1 cm³/mol. The minimum atomic E-state index is 0.529. The molecule has 0 bridgehead atoms. The highest BCUT2D eigenvalue weighted by atomic mass is 79.9. The number of alkyl halides is 1. The van der Waals surface area contributed by atoms with E-state index >= 15 is 0 Å². The Labute approximate surface area is 85.9 Å². The average molecular weight is 243 g/mol. The summed E-state index contributed by atoms with van der Waals surface area (Å²) in [7, 11) is 0. The van der Waals surface area contributed by atoms with Crippen molar-refractivity contribution >= 4 is 27.7 Å². The predicted octanol–water partition coefficient (Wildman–Crippen LogP) is 3.71. The third kappa shape index (κ3) is 1.86. The van der Waals surface area contributed by atoms with Crippen molar-refractivity contribution in [1.29, 1.82) is 0 Å². The van der Waals surface area contributed by atoms with Crippen LogP contribution in [0.1, 0.15) is 12.8 Å². The molecule has 1 saturated carbocycles. The molecule has 1 aromatic carbocycles. The van der Waals surface area contributed by atoms with Gasteiger partial charge in [-0.3, -0.25) is 0 Å². The molecule has 0 heterocycles. The Balaban J connectivity index is 2.04. The molecule has 0 aliphatic heterocycles. The molecular weight excluding hydrogens is 232 g/mol. The van der Waals surface area contributed by atoms with Gasteiger partial charge in [0.2, 0.25) is 0 Å². The van der Waals surface area contributed by atoms with Crippen molar-refractivity contribution in [3.63, 3.8) is 0 Å². The molecule has 0 nitrogen and oxygen atoms in total. The fraction of sp³-hybridized carbons (Fsp3) is 0.400. The summed E-state index contributed by atoms with van der Waals surface area (Å²) in [5, 5.41) is 1.12. The van der Waals surface area contributed by atoms with Gasteiger partial charge in [-0.2, -0.15) is 0 Å². The van der Waals surface area contributed by atoms with Crippen LogP contribution in [0.15, 0.2) is 35.2 Å². The Bertz CT molecular complexity index is 254. The lowest BCUT2D eigenvalue weighted by atomic mass is 10.4. The molecule has 1 fully saturated rings. The summed E-state index contributed by atoms with van der Waals surface area (Å²) in [6.45, 7) is 0. The maximum atomic E-state index is 3.57. The lowest BCUT2D eigenvalue weighted by Crippen LogP contribution is -2.02. The van der Waals surface area contributed by atoms with Gasteiger partial charge >= 0.3 is 0 Å². The number of thioether (sulfide) groups is 1. The van der Waals surface area contributed by atoms with Crippen molar-refractivity contribution in [2.45, 2.75) is 22.5 Å². The molecule has 0 radical (unpaired) electrons. The first kappa shape index (κ1) is 8.64. The molecule has 1 aromatic rings. The first-order chi connectivity index (χ1) is 5.85. The molecule has 1 aliphatic rings. The van der Waals surface area contributed by atoms with Crippen molar-refractivity contribution in [2.75, 3.05) is 5.33 Å². The second-order valence-electron chi connectivity index (χ2n) is 3.23. The quantitative estimate of drug-likeness (QED) is 0.729. The second-order valence-corrected chi connectivity index (χ2v) is 5.33. The Morgan fingerprint density at radius 1 is 1.25 bits per heavy atom. The van der Waals surface area contributed by atoms with E-state index in [1.807, 2.05) is 11.8 Å². The molecule has 0 amide bonds. The van der Waals surface area contributed by atoms with Gasteiger partial charge in [0.1, 0.15) is 0 Å². The van der Waals surface area contributed by atoms with E-state index in [0.717, 1.165) is 5.33 Å². The van der Waals surface area contributed by atoms with Crippen molar-refractivity contribution in [2.24, 2.45) is 0 Å². The van der Waals surface area contributed by atoms with Gasteiger partial charge in [-0.05, 0) is 25.0 Å². The van der Waals surface area contributed by atoms with Crippen molar-refractivity contribution in [1.82, 2.24) is 0 Å². The maximum absolute atomic E-state index is 3.57. The number of hydrogen-bond acceptors (Lipinski definition) is 1. The van der Waals surface area contributed by atoms with Crippen LogP contribution in [0.5, 0.6) is 0 Å². The van der Waals surface area contributed by atoms with Crippen LogP contribution in [0, 0.1) is 0 Å². The van der Waals surface area contributed by atoms with E-state index in [0.29, 0.717) is 4.75 Å². The Morgan fingerprint density at radius 3 is 2.42 bits per heavy atom. The highest BCUT2D eigenvalue weighted by molar-refractivity contribution is 9.09. The molecule has 64 valence electrons. The van der Waals surface area contributed by atoms with E-state index < -0.39 is 0 Å². The normalized spacial score (nSPS) is 19.1. The zero-order valence-corrected chi connectivity index (χ0v) is 9.20. The van der Waals surface area contributed by atoms with Crippen LogP contribution >= 0.6 is 27.7 Å². The summed E-state index contributed by atoms with van der Waals surface area (Å²) in [6.07, 6.45) is 2.72. The van der Waals surface area contributed by atoms with Crippen molar-refractivity contribution in [3.8, 4) is 0 Å². The summed E-state index contributed by atoms with van der Waals surface area (Å²) < 4.78 is 0.529. The highest BCUT2D eigenvalue weighted by Crippen LogP contribution is 2.52. The van der Waals surface area contributed by atoms with Crippen LogP contribution in [0.2, 0.25) is 0 Å². The van der Waals surface area contributed by atoms with Crippen LogP contribution in [0.3, 0.4) is 0 Å². The largest absolute Gasteiger partial charge is 0.118 e. The smallest absolute Gasteiger partial charge is 0.0304 e. The van der Waals surface area contributed by atoms with Crippen molar-refractivity contribution in [3.05, 3.63) is 30.3 Å². The number of rotatable bonds is 3. The van der Waals surface area contributed by atoms with Gasteiger partial charge < -0.3 is 0 Å². The molecule has 2 rings (SSSR count). The Morgan fingerprint density at radius 2 is 1.92 bits per heavy atom. The fourth-order valence-electron chi connectivity index (χ4n) is 1.14. The minimum absolute atomic E-state index is 0.529. The first-order valence-corrected chi connectivity index (χ1v) is 6.08. The van der Waals surface area contributed by atoms with Gasteiger partial charge in [0.25, 0.3) is 0 Å². The molecule has 0 N–H and O–H groups in total. The lowest BCUT2D eigenvalue weighted by Gasteiger charge is -2.09. The van der Waals surface area contributed by atoms with E-state index in [-0.39, 0.29) is 0 Å². The van der Waals surface area contributed by atoms with Crippen LogP contribution in [0.25, 0.3) is 0 Å². The number of hydrogen-bond donors (Lipinski definition) is 0. The Hall–Kier alpha value is 0.0500. The van der Waals surface area contributed by atoms with Gasteiger partial charge in [-0.15, -0.1) is 11.8 Å². The van der Waals surface area contributed by atoms with Crippen LogP contribution in [-0.4, -0.2) is 10.1 Å². The fourth-order valence-corrected chi connectivity index (χ4v) is 3.20. The van der Waals surface area contributed by atoms with Gasteiger partial charge in [0.15, 0.2) is 0 Å². The molecule has 0 unspecified atom stereocenters. The van der Waals surface area contributed by atoms with Gasteiger partial charge in [-0.25, -0.2) is 0 Å². The maximum Gasteiger partial charge on any atom is 0.0304 e. The number of halogens is 1. The first-order valence-electron chi connectivity index (χ1n) is 4.15. The van der Waals surface area contributed by atoms with Crippen molar-refractivity contribution < 1.29 is 0 Å². The van der Waals surface area contributed by atoms with Crippen LogP contribution < -0.4 is 0 Å². The standard InChI is InChI=1S/C10H11BrS/c11-8-10(6-7-10)12-9-4-2-1-3-5-9/h1-5H,6-8H2. The summed E-state index contributed by atoms with van der Waals surface area (Å²) in [4.78, 5) is 1.40. The summed E-state index contributed by atoms with van der Waals surface area (Å²) in [5.74, 6) is 0. The van der Waals surface area contributed by atoms with E-state index in [9.17, 15) is 0 Å². The molecule has 0 spiro atoms.